The van der Waals surface area contributed by atoms with E-state index in [0.29, 0.717) is 23.0 Å². The van der Waals surface area contributed by atoms with Gasteiger partial charge in [0.25, 0.3) is 11.8 Å². The third-order valence-electron chi connectivity index (χ3n) is 5.40. The molecule has 10 nitrogen and oxygen atoms in total. The van der Waals surface area contributed by atoms with Crippen molar-refractivity contribution < 1.29 is 18.4 Å². The van der Waals surface area contributed by atoms with Crippen LogP contribution < -0.4 is 10.2 Å². The van der Waals surface area contributed by atoms with Crippen LogP contribution in [0.2, 0.25) is 0 Å². The quantitative estimate of drug-likeness (QED) is 0.413. The van der Waals surface area contributed by atoms with Crippen LogP contribution in [0, 0.1) is 20.8 Å². The molecular weight excluding hydrogens is 460 g/mol. The first-order chi connectivity index (χ1) is 17.0. The lowest BCUT2D eigenvalue weighted by Crippen LogP contribution is -2.50. The van der Waals surface area contributed by atoms with Crippen LogP contribution in [-0.2, 0) is 16.1 Å². The number of hydrogen-bond acceptors (Lipinski definition) is 7. The average molecular weight is 491 g/mol. The predicted molar refractivity (Wildman–Crippen MR) is 133 cm³/mol. The molecule has 3 aromatic heterocycles. The van der Waals surface area contributed by atoms with Crippen molar-refractivity contribution in [3.8, 4) is 11.6 Å². The van der Waals surface area contributed by atoms with Crippen molar-refractivity contribution in [2.75, 3.05) is 4.90 Å². The van der Waals surface area contributed by atoms with Crippen molar-refractivity contribution >= 4 is 17.5 Å². The second-order valence-electron chi connectivity index (χ2n) is 9.76. The summed E-state index contributed by atoms with van der Waals surface area (Å²) < 4.78 is 11.2. The highest BCUT2D eigenvalue weighted by atomic mass is 16.3. The van der Waals surface area contributed by atoms with E-state index in [9.17, 15) is 9.59 Å². The number of nitrogens with zero attached hydrogens (tertiary/aromatic N) is 5. The van der Waals surface area contributed by atoms with E-state index in [1.54, 1.807) is 24.3 Å². The number of carbonyl (C=O) groups excluding carboxylic acids is 2. The lowest BCUT2D eigenvalue weighted by molar-refractivity contribution is -0.128. The molecule has 0 saturated carbocycles. The molecule has 0 aliphatic heterocycles. The first-order valence-electron chi connectivity index (χ1n) is 11.6. The van der Waals surface area contributed by atoms with Crippen LogP contribution in [0.1, 0.15) is 49.5 Å². The summed E-state index contributed by atoms with van der Waals surface area (Å²) in [6.07, 6.45) is 1.48. The predicted octanol–water partition coefficient (Wildman–Crippen LogP) is 4.14. The van der Waals surface area contributed by atoms with E-state index in [1.165, 1.54) is 16.0 Å². The van der Waals surface area contributed by atoms with E-state index >= 15 is 0 Å². The Kier molecular flexibility index (Phi) is 6.78. The van der Waals surface area contributed by atoms with E-state index in [1.807, 2.05) is 59.7 Å². The summed E-state index contributed by atoms with van der Waals surface area (Å²) in [5, 5.41) is 15.3. The number of nitrogens with one attached hydrogen (secondary N) is 1. The monoisotopic (exact) mass is 490 g/mol. The molecule has 0 aliphatic rings. The molecule has 1 atom stereocenters. The normalized spacial score (nSPS) is 12.4. The van der Waals surface area contributed by atoms with Crippen LogP contribution in [0.4, 0.5) is 5.69 Å². The van der Waals surface area contributed by atoms with Crippen molar-refractivity contribution in [2.45, 2.75) is 59.7 Å². The molecule has 1 N–H and O–H groups in total. The Morgan fingerprint density at radius 3 is 2.53 bits per heavy atom. The van der Waals surface area contributed by atoms with Gasteiger partial charge in [-0.2, -0.15) is 4.80 Å². The van der Waals surface area contributed by atoms with Gasteiger partial charge in [-0.1, -0.05) is 12.1 Å². The summed E-state index contributed by atoms with van der Waals surface area (Å²) in [7, 11) is 0. The van der Waals surface area contributed by atoms with Gasteiger partial charge in [-0.05, 0) is 88.2 Å². The van der Waals surface area contributed by atoms with Gasteiger partial charge in [-0.15, -0.1) is 10.2 Å². The Morgan fingerprint density at radius 1 is 1.11 bits per heavy atom. The Bertz CT molecular complexity index is 1360. The maximum Gasteiger partial charge on any atom is 0.251 e. The molecule has 4 aromatic rings. The van der Waals surface area contributed by atoms with Gasteiger partial charge >= 0.3 is 0 Å². The minimum absolute atomic E-state index is 0.250. The molecule has 2 amide bonds. The number of furan rings is 2. The maximum atomic E-state index is 13.9. The Hall–Kier alpha value is -4.21. The van der Waals surface area contributed by atoms with Gasteiger partial charge in [0.05, 0.1) is 6.26 Å². The van der Waals surface area contributed by atoms with Crippen molar-refractivity contribution in [1.82, 2.24) is 25.5 Å². The fourth-order valence-electron chi connectivity index (χ4n) is 3.82. The number of benzene rings is 1. The maximum absolute atomic E-state index is 13.9. The number of tetrazole rings is 1. The highest BCUT2D eigenvalue weighted by Gasteiger charge is 2.37. The molecule has 3 heterocycles. The van der Waals surface area contributed by atoms with E-state index < -0.39 is 17.5 Å². The number of aryl methyl sites for hydroxylation is 3. The topological polar surface area (TPSA) is 119 Å². The van der Waals surface area contributed by atoms with Crippen molar-refractivity contribution in [3.05, 3.63) is 71.4 Å². The largest absolute Gasteiger partial charge is 0.467 e. The number of hydrogen-bond donors (Lipinski definition) is 1. The number of anilines is 1. The van der Waals surface area contributed by atoms with Crippen LogP contribution in [0.15, 0.2) is 57.6 Å². The van der Waals surface area contributed by atoms with Crippen LogP contribution >= 0.6 is 0 Å². The van der Waals surface area contributed by atoms with Crippen LogP contribution in [0.5, 0.6) is 0 Å². The summed E-state index contributed by atoms with van der Waals surface area (Å²) in [4.78, 5) is 30.1. The molecule has 0 bridgehead atoms. The SMILES string of the molecule is Cc1ccc(C)c(N(C(=O)Cn2nnc(-c3ccc(C)o3)n2)C(C(=O)NC(C)(C)C)c2ccco2)c1. The molecule has 0 spiro atoms. The molecule has 188 valence electrons. The zero-order valence-electron chi connectivity index (χ0n) is 21.3. The summed E-state index contributed by atoms with van der Waals surface area (Å²) in [5.41, 5.74) is 1.83. The first kappa shape index (κ1) is 24.9. The number of rotatable bonds is 7. The molecule has 1 aromatic carbocycles. The molecule has 4 rings (SSSR count). The number of amides is 2. The summed E-state index contributed by atoms with van der Waals surface area (Å²) >= 11 is 0. The third kappa shape index (κ3) is 5.54. The standard InChI is InChI=1S/C26H30N6O4/c1-16-9-10-17(2)19(14-16)32(23(20-8-7-13-35-20)25(34)27-26(4,5)6)22(33)15-31-29-24(28-30-31)21-12-11-18(3)36-21/h7-14,23H,15H2,1-6H3,(H,27,34). The molecule has 0 radical (unpaired) electrons. The average Bonchev–Trinajstić information content (AvgIpc) is 3.54. The van der Waals surface area contributed by atoms with Gasteiger partial charge in [-0.25, -0.2) is 0 Å². The summed E-state index contributed by atoms with van der Waals surface area (Å²) in [5.74, 6) is 0.991. The lowest BCUT2D eigenvalue weighted by Gasteiger charge is -2.33. The molecule has 1 unspecified atom stereocenters. The zero-order chi connectivity index (χ0) is 26.0. The Balaban J connectivity index is 1.75. The molecule has 0 aliphatic carbocycles. The minimum Gasteiger partial charge on any atom is -0.467 e. The molecular formula is C26H30N6O4. The Labute approximate surface area is 209 Å². The van der Waals surface area contributed by atoms with E-state index in [-0.39, 0.29) is 18.3 Å². The van der Waals surface area contributed by atoms with Crippen LogP contribution in [0.3, 0.4) is 0 Å². The molecule has 0 fully saturated rings. The van der Waals surface area contributed by atoms with Crippen molar-refractivity contribution in [1.29, 1.82) is 0 Å². The van der Waals surface area contributed by atoms with E-state index in [2.05, 4.69) is 20.7 Å². The fourth-order valence-corrected chi connectivity index (χ4v) is 3.82. The first-order valence-corrected chi connectivity index (χ1v) is 11.6. The second kappa shape index (κ2) is 9.80. The number of aromatic nitrogens is 4. The van der Waals surface area contributed by atoms with Gasteiger partial charge in [0, 0.05) is 11.2 Å². The van der Waals surface area contributed by atoms with Crippen LogP contribution in [-0.4, -0.2) is 37.6 Å². The highest BCUT2D eigenvalue weighted by molar-refractivity contribution is 6.01. The van der Waals surface area contributed by atoms with Gasteiger partial charge in [0.2, 0.25) is 5.82 Å². The van der Waals surface area contributed by atoms with Crippen LogP contribution in [0.25, 0.3) is 11.6 Å². The zero-order valence-corrected chi connectivity index (χ0v) is 21.3. The highest BCUT2D eigenvalue weighted by Crippen LogP contribution is 2.32. The van der Waals surface area contributed by atoms with Gasteiger partial charge in [0.1, 0.15) is 18.1 Å². The van der Waals surface area contributed by atoms with Crippen molar-refractivity contribution in [2.24, 2.45) is 0 Å². The summed E-state index contributed by atoms with van der Waals surface area (Å²) in [6.45, 7) is 11.0. The molecule has 10 heteroatoms. The van der Waals surface area contributed by atoms with E-state index in [4.69, 9.17) is 8.83 Å². The molecule has 0 saturated heterocycles. The fraction of sp³-hybridized carbons (Fsp3) is 0.346. The van der Waals surface area contributed by atoms with Gasteiger partial charge in [-0.3, -0.25) is 14.5 Å². The Morgan fingerprint density at radius 2 is 1.89 bits per heavy atom. The number of carbonyl (C=O) groups is 2. The van der Waals surface area contributed by atoms with Crippen molar-refractivity contribution in [3.63, 3.8) is 0 Å². The third-order valence-corrected chi connectivity index (χ3v) is 5.40. The van der Waals surface area contributed by atoms with Gasteiger partial charge in [0.15, 0.2) is 11.8 Å². The minimum atomic E-state index is -1.05. The van der Waals surface area contributed by atoms with E-state index in [0.717, 1.165) is 11.1 Å². The smallest absolute Gasteiger partial charge is 0.251 e. The van der Waals surface area contributed by atoms with Gasteiger partial charge < -0.3 is 14.2 Å². The second-order valence-corrected chi connectivity index (χ2v) is 9.76. The molecule has 36 heavy (non-hydrogen) atoms. The lowest BCUT2D eigenvalue weighted by atomic mass is 10.0. The summed E-state index contributed by atoms with van der Waals surface area (Å²) in [6, 6.07) is 11.6.